The van der Waals surface area contributed by atoms with Crippen LogP contribution in [0.1, 0.15) is 25.3 Å². The van der Waals surface area contributed by atoms with Gasteiger partial charge in [-0.05, 0) is 49.9 Å². The van der Waals surface area contributed by atoms with Gasteiger partial charge >= 0.3 is 0 Å². The Bertz CT molecular complexity index is 309. The van der Waals surface area contributed by atoms with Crippen molar-refractivity contribution in [3.8, 4) is 0 Å². The summed E-state index contributed by atoms with van der Waals surface area (Å²) in [5.41, 5.74) is 8.23. The average Bonchev–Trinajstić information content (AvgIpc) is 2.28. The highest BCUT2D eigenvalue weighted by Crippen LogP contribution is 2.15. The standard InChI is InChI=1S/C14H24N2/c1-12-6-4-8-14(10-12)16(3)9-5-7-13(2)11-15/h4,6,8,10,13H,5,7,9,11,15H2,1-3H3. The van der Waals surface area contributed by atoms with E-state index in [9.17, 15) is 0 Å². The second-order valence-corrected chi connectivity index (χ2v) is 4.74. The number of benzene rings is 1. The molecule has 1 aromatic rings. The topological polar surface area (TPSA) is 29.3 Å². The molecule has 1 atom stereocenters. The number of aryl methyl sites for hydroxylation is 1. The number of hydrogen-bond acceptors (Lipinski definition) is 2. The van der Waals surface area contributed by atoms with Crippen LogP contribution in [0.25, 0.3) is 0 Å². The van der Waals surface area contributed by atoms with Gasteiger partial charge in [0.05, 0.1) is 0 Å². The van der Waals surface area contributed by atoms with Gasteiger partial charge in [-0.3, -0.25) is 0 Å². The first-order valence-electron chi connectivity index (χ1n) is 6.11. The van der Waals surface area contributed by atoms with Gasteiger partial charge in [-0.25, -0.2) is 0 Å². The van der Waals surface area contributed by atoms with Gasteiger partial charge in [-0.1, -0.05) is 19.1 Å². The smallest absolute Gasteiger partial charge is 0.0366 e. The second kappa shape index (κ2) is 6.54. The maximum Gasteiger partial charge on any atom is 0.0366 e. The molecule has 0 aliphatic carbocycles. The molecule has 0 amide bonds. The van der Waals surface area contributed by atoms with E-state index in [1.54, 1.807) is 0 Å². The Morgan fingerprint density at radius 2 is 2.12 bits per heavy atom. The van der Waals surface area contributed by atoms with Gasteiger partial charge in [-0.15, -0.1) is 0 Å². The lowest BCUT2D eigenvalue weighted by Gasteiger charge is -2.20. The molecule has 2 N–H and O–H groups in total. The third kappa shape index (κ3) is 4.23. The van der Waals surface area contributed by atoms with Gasteiger partial charge in [-0.2, -0.15) is 0 Å². The summed E-state index contributed by atoms with van der Waals surface area (Å²) in [6.45, 7) is 6.25. The van der Waals surface area contributed by atoms with E-state index in [1.165, 1.54) is 24.1 Å². The Labute approximate surface area is 99.5 Å². The zero-order valence-electron chi connectivity index (χ0n) is 10.7. The van der Waals surface area contributed by atoms with Crippen molar-refractivity contribution >= 4 is 5.69 Å². The van der Waals surface area contributed by atoms with Crippen molar-refractivity contribution in [3.63, 3.8) is 0 Å². The molecule has 0 aliphatic heterocycles. The Morgan fingerprint density at radius 1 is 1.38 bits per heavy atom. The SMILES string of the molecule is Cc1cccc(N(C)CCCC(C)CN)c1. The maximum absolute atomic E-state index is 5.61. The molecule has 2 nitrogen and oxygen atoms in total. The van der Waals surface area contributed by atoms with Crippen molar-refractivity contribution in [2.75, 3.05) is 25.0 Å². The lowest BCUT2D eigenvalue weighted by Crippen LogP contribution is -2.20. The van der Waals surface area contributed by atoms with Crippen LogP contribution in [0, 0.1) is 12.8 Å². The molecule has 1 unspecified atom stereocenters. The molecule has 0 spiro atoms. The molecule has 2 heteroatoms. The molecular weight excluding hydrogens is 196 g/mol. The van der Waals surface area contributed by atoms with E-state index in [0.717, 1.165) is 13.1 Å². The van der Waals surface area contributed by atoms with Crippen LogP contribution >= 0.6 is 0 Å². The summed E-state index contributed by atoms with van der Waals surface area (Å²) in [6, 6.07) is 8.64. The van der Waals surface area contributed by atoms with Crippen LogP contribution in [0.4, 0.5) is 5.69 Å². The summed E-state index contributed by atoms with van der Waals surface area (Å²) in [5, 5.41) is 0. The van der Waals surface area contributed by atoms with Gasteiger partial charge in [0.25, 0.3) is 0 Å². The van der Waals surface area contributed by atoms with Crippen LogP contribution in [-0.2, 0) is 0 Å². The highest BCUT2D eigenvalue weighted by molar-refractivity contribution is 5.47. The average molecular weight is 220 g/mol. The summed E-state index contributed by atoms with van der Waals surface area (Å²) in [5.74, 6) is 0.644. The number of rotatable bonds is 6. The highest BCUT2D eigenvalue weighted by Gasteiger charge is 2.03. The minimum absolute atomic E-state index is 0.644. The summed E-state index contributed by atoms with van der Waals surface area (Å²) in [4.78, 5) is 2.32. The molecule has 0 bridgehead atoms. The van der Waals surface area contributed by atoms with E-state index in [1.807, 2.05) is 0 Å². The molecule has 1 rings (SSSR count). The highest BCUT2D eigenvalue weighted by atomic mass is 15.1. The normalized spacial score (nSPS) is 12.5. The maximum atomic E-state index is 5.61. The molecule has 0 heterocycles. The minimum atomic E-state index is 0.644. The predicted octanol–water partition coefficient (Wildman–Crippen LogP) is 2.81. The Balaban J connectivity index is 2.38. The van der Waals surface area contributed by atoms with Gasteiger partial charge in [0.15, 0.2) is 0 Å². The Kier molecular flexibility index (Phi) is 5.33. The molecule has 1 aromatic carbocycles. The molecule has 0 radical (unpaired) electrons. The lowest BCUT2D eigenvalue weighted by molar-refractivity contribution is 0.521. The molecule has 0 saturated carbocycles. The molecule has 90 valence electrons. The molecular formula is C14H24N2. The molecule has 0 fully saturated rings. The van der Waals surface area contributed by atoms with Gasteiger partial charge in [0, 0.05) is 19.3 Å². The van der Waals surface area contributed by atoms with Crippen molar-refractivity contribution in [1.29, 1.82) is 0 Å². The van der Waals surface area contributed by atoms with E-state index in [2.05, 4.69) is 50.1 Å². The number of nitrogens with two attached hydrogens (primary N) is 1. The number of anilines is 1. The van der Waals surface area contributed by atoms with Crippen molar-refractivity contribution in [2.24, 2.45) is 11.7 Å². The molecule has 16 heavy (non-hydrogen) atoms. The van der Waals surface area contributed by atoms with Crippen LogP contribution in [0.2, 0.25) is 0 Å². The zero-order chi connectivity index (χ0) is 12.0. The van der Waals surface area contributed by atoms with Gasteiger partial charge < -0.3 is 10.6 Å². The zero-order valence-corrected chi connectivity index (χ0v) is 10.7. The number of hydrogen-bond donors (Lipinski definition) is 1. The van der Waals surface area contributed by atoms with E-state index in [0.29, 0.717) is 5.92 Å². The Morgan fingerprint density at radius 3 is 2.75 bits per heavy atom. The predicted molar refractivity (Wildman–Crippen MR) is 71.9 cm³/mol. The van der Waals surface area contributed by atoms with Crippen LogP contribution < -0.4 is 10.6 Å². The third-order valence-corrected chi connectivity index (χ3v) is 3.04. The molecule has 0 saturated heterocycles. The fourth-order valence-corrected chi connectivity index (χ4v) is 1.79. The molecule has 0 aromatic heterocycles. The first kappa shape index (κ1) is 13.0. The van der Waals surface area contributed by atoms with E-state index in [-0.39, 0.29) is 0 Å². The van der Waals surface area contributed by atoms with E-state index < -0.39 is 0 Å². The largest absolute Gasteiger partial charge is 0.375 e. The van der Waals surface area contributed by atoms with Gasteiger partial charge in [0.2, 0.25) is 0 Å². The summed E-state index contributed by atoms with van der Waals surface area (Å²) in [7, 11) is 2.15. The van der Waals surface area contributed by atoms with Crippen molar-refractivity contribution in [1.82, 2.24) is 0 Å². The quantitative estimate of drug-likeness (QED) is 0.798. The van der Waals surface area contributed by atoms with Crippen molar-refractivity contribution < 1.29 is 0 Å². The lowest BCUT2D eigenvalue weighted by atomic mass is 10.1. The first-order chi connectivity index (χ1) is 7.63. The Hall–Kier alpha value is -1.02. The van der Waals surface area contributed by atoms with Crippen LogP contribution in [-0.4, -0.2) is 20.1 Å². The summed E-state index contributed by atoms with van der Waals surface area (Å²) >= 11 is 0. The molecule has 0 aliphatic rings. The summed E-state index contributed by atoms with van der Waals surface area (Å²) in [6.07, 6.45) is 2.43. The van der Waals surface area contributed by atoms with Gasteiger partial charge in [0.1, 0.15) is 0 Å². The minimum Gasteiger partial charge on any atom is -0.375 e. The fraction of sp³-hybridized carbons (Fsp3) is 0.571. The van der Waals surface area contributed by atoms with Crippen LogP contribution in [0.3, 0.4) is 0 Å². The van der Waals surface area contributed by atoms with Crippen molar-refractivity contribution in [3.05, 3.63) is 29.8 Å². The van der Waals surface area contributed by atoms with E-state index >= 15 is 0 Å². The summed E-state index contributed by atoms with van der Waals surface area (Å²) < 4.78 is 0. The van der Waals surface area contributed by atoms with E-state index in [4.69, 9.17) is 5.73 Å². The monoisotopic (exact) mass is 220 g/mol. The second-order valence-electron chi connectivity index (χ2n) is 4.74. The third-order valence-electron chi connectivity index (χ3n) is 3.04. The van der Waals surface area contributed by atoms with Crippen LogP contribution in [0.15, 0.2) is 24.3 Å². The first-order valence-corrected chi connectivity index (χ1v) is 6.11. The van der Waals surface area contributed by atoms with Crippen molar-refractivity contribution in [2.45, 2.75) is 26.7 Å². The fourth-order valence-electron chi connectivity index (χ4n) is 1.79. The number of nitrogens with zero attached hydrogens (tertiary/aromatic N) is 1. The van der Waals surface area contributed by atoms with Crippen LogP contribution in [0.5, 0.6) is 0 Å².